The third-order valence-corrected chi connectivity index (χ3v) is 7.62. The maximum absolute atomic E-state index is 13.2. The summed E-state index contributed by atoms with van der Waals surface area (Å²) >= 11 is 7.06. The van der Waals surface area contributed by atoms with Crippen LogP contribution < -0.4 is 0 Å². The van der Waals surface area contributed by atoms with E-state index < -0.39 is 23.9 Å². The highest BCUT2D eigenvalue weighted by molar-refractivity contribution is 9.11. The summed E-state index contributed by atoms with van der Waals surface area (Å²) in [6.07, 6.45) is 6.11. The number of carbonyl (C=O) groups excluding carboxylic acids is 4. The van der Waals surface area contributed by atoms with E-state index >= 15 is 0 Å². The summed E-state index contributed by atoms with van der Waals surface area (Å²) in [5.74, 6) is -2.60. The van der Waals surface area contributed by atoms with Crippen molar-refractivity contribution in [3.8, 4) is 11.1 Å². The Morgan fingerprint density at radius 1 is 0.476 bits per heavy atom. The van der Waals surface area contributed by atoms with Gasteiger partial charge in [0.25, 0.3) is 0 Å². The molecule has 0 N–H and O–H groups in total. The summed E-state index contributed by atoms with van der Waals surface area (Å²) in [6, 6.07) is 6.08. The monoisotopic (exact) mass is 710 g/mol. The first-order valence-corrected chi connectivity index (χ1v) is 16.1. The second kappa shape index (κ2) is 18.7. The van der Waals surface area contributed by atoms with E-state index in [1.807, 2.05) is 27.7 Å². The molecule has 0 saturated carbocycles. The molecule has 2 rings (SSSR count). The van der Waals surface area contributed by atoms with Gasteiger partial charge in [0.1, 0.15) is 0 Å². The quantitative estimate of drug-likeness (QED) is 0.0912. The van der Waals surface area contributed by atoms with Crippen molar-refractivity contribution in [3.05, 3.63) is 55.5 Å². The van der Waals surface area contributed by atoms with Gasteiger partial charge >= 0.3 is 23.9 Å². The van der Waals surface area contributed by atoms with Gasteiger partial charge in [0, 0.05) is 8.95 Å². The van der Waals surface area contributed by atoms with Crippen molar-refractivity contribution in [2.24, 2.45) is 0 Å². The number of carbonyl (C=O) groups is 4. The van der Waals surface area contributed by atoms with Crippen molar-refractivity contribution in [2.75, 3.05) is 26.4 Å². The zero-order valence-corrected chi connectivity index (χ0v) is 28.0. The van der Waals surface area contributed by atoms with Crippen molar-refractivity contribution >= 4 is 55.7 Å². The number of hydrogen-bond donors (Lipinski definition) is 0. The predicted molar refractivity (Wildman–Crippen MR) is 168 cm³/mol. The van der Waals surface area contributed by atoms with Crippen LogP contribution in [0.2, 0.25) is 0 Å². The molecule has 0 unspecified atom stereocenters. The number of ether oxygens (including phenoxy) is 4. The molecule has 0 atom stereocenters. The van der Waals surface area contributed by atoms with Gasteiger partial charge in [0.15, 0.2) is 0 Å². The summed E-state index contributed by atoms with van der Waals surface area (Å²) < 4.78 is 22.6. The van der Waals surface area contributed by atoms with E-state index in [4.69, 9.17) is 18.9 Å². The molecular formula is C32H40Br2O8. The minimum Gasteiger partial charge on any atom is -0.462 e. The molecule has 0 spiro atoms. The van der Waals surface area contributed by atoms with E-state index in [0.29, 0.717) is 45.8 Å². The zero-order chi connectivity index (χ0) is 31.1. The van der Waals surface area contributed by atoms with E-state index in [0.717, 1.165) is 25.7 Å². The average molecular weight is 712 g/mol. The van der Waals surface area contributed by atoms with Gasteiger partial charge in [-0.3, -0.25) is 0 Å². The Kier molecular flexibility index (Phi) is 15.8. The average Bonchev–Trinajstić information content (AvgIpc) is 2.97. The Bertz CT molecular complexity index is 1150. The second-order valence-corrected chi connectivity index (χ2v) is 11.4. The highest BCUT2D eigenvalue weighted by Gasteiger charge is 2.26. The van der Waals surface area contributed by atoms with Crippen molar-refractivity contribution in [3.63, 3.8) is 0 Å². The van der Waals surface area contributed by atoms with Gasteiger partial charge in [-0.15, -0.1) is 0 Å². The van der Waals surface area contributed by atoms with Crippen molar-refractivity contribution in [2.45, 2.75) is 79.1 Å². The van der Waals surface area contributed by atoms with E-state index in [1.54, 1.807) is 0 Å². The largest absolute Gasteiger partial charge is 0.462 e. The zero-order valence-electron chi connectivity index (χ0n) is 24.8. The summed E-state index contributed by atoms with van der Waals surface area (Å²) in [5, 5.41) is 0. The molecule has 2 aromatic carbocycles. The molecule has 0 saturated heterocycles. The van der Waals surface area contributed by atoms with Gasteiger partial charge in [-0.25, -0.2) is 19.2 Å². The second-order valence-electron chi connectivity index (χ2n) is 9.71. The molecule has 0 bridgehead atoms. The Balaban J connectivity index is 2.66. The normalized spacial score (nSPS) is 10.7. The summed E-state index contributed by atoms with van der Waals surface area (Å²) in [4.78, 5) is 52.2. The number of esters is 4. The summed E-state index contributed by atoms with van der Waals surface area (Å²) in [5.41, 5.74) is 1.18. The fourth-order valence-electron chi connectivity index (χ4n) is 3.78. The maximum Gasteiger partial charge on any atom is 0.339 e. The van der Waals surface area contributed by atoms with Crippen LogP contribution in [-0.2, 0) is 18.9 Å². The fourth-order valence-corrected chi connectivity index (χ4v) is 4.90. The van der Waals surface area contributed by atoms with Crippen LogP contribution in [0.4, 0.5) is 0 Å². The first kappa shape index (κ1) is 35.5. The molecule has 0 radical (unpaired) electrons. The Morgan fingerprint density at radius 2 is 0.714 bits per heavy atom. The van der Waals surface area contributed by atoms with Gasteiger partial charge in [-0.05, 0) is 61.1 Å². The molecule has 0 aliphatic heterocycles. The van der Waals surface area contributed by atoms with Crippen LogP contribution in [0.15, 0.2) is 33.2 Å². The van der Waals surface area contributed by atoms with Gasteiger partial charge < -0.3 is 18.9 Å². The van der Waals surface area contributed by atoms with Crippen molar-refractivity contribution in [1.29, 1.82) is 0 Å². The highest BCUT2D eigenvalue weighted by atomic mass is 79.9. The van der Waals surface area contributed by atoms with E-state index in [-0.39, 0.29) is 48.7 Å². The lowest BCUT2D eigenvalue weighted by atomic mass is 9.95. The van der Waals surface area contributed by atoms with Crippen LogP contribution in [0.25, 0.3) is 11.1 Å². The number of unbranched alkanes of at least 4 members (excludes halogenated alkanes) is 4. The topological polar surface area (TPSA) is 105 Å². The molecule has 10 heteroatoms. The molecule has 0 aromatic heterocycles. The third-order valence-electron chi connectivity index (χ3n) is 6.31. The highest BCUT2D eigenvalue weighted by Crippen LogP contribution is 2.38. The molecule has 0 amide bonds. The van der Waals surface area contributed by atoms with Crippen LogP contribution in [0.5, 0.6) is 0 Å². The summed E-state index contributed by atoms with van der Waals surface area (Å²) in [6.45, 7) is 8.79. The predicted octanol–water partition coefficient (Wildman–Crippen LogP) is 8.71. The number of halogens is 2. The van der Waals surface area contributed by atoms with E-state index in [2.05, 4.69) is 31.9 Å². The lowest BCUT2D eigenvalue weighted by Gasteiger charge is -2.17. The number of hydrogen-bond acceptors (Lipinski definition) is 8. The standard InChI is InChI=1S/C32H40Br2O8/c1-5-9-13-39-29(35)23-17-21(27(33)19-25(23)31(37)41-15-11-7-3)22-18-24(30(36)40-14-10-6-2)26(20-28(22)34)32(38)42-16-12-8-4/h17-20H,5-16H2,1-4H3. The molecule has 42 heavy (non-hydrogen) atoms. The first-order chi connectivity index (χ1) is 20.2. The third kappa shape index (κ3) is 10.2. The molecule has 2 aromatic rings. The lowest BCUT2D eigenvalue weighted by molar-refractivity contribution is 0.0452. The molecule has 0 heterocycles. The van der Waals surface area contributed by atoms with Crippen molar-refractivity contribution in [1.82, 2.24) is 0 Å². The van der Waals surface area contributed by atoms with Crippen LogP contribution >= 0.6 is 31.9 Å². The Morgan fingerprint density at radius 3 is 0.952 bits per heavy atom. The Labute approximate surface area is 265 Å². The molecule has 0 aliphatic carbocycles. The summed E-state index contributed by atoms with van der Waals surface area (Å²) in [7, 11) is 0. The van der Waals surface area contributed by atoms with E-state index in [9.17, 15) is 19.2 Å². The smallest absolute Gasteiger partial charge is 0.339 e. The lowest BCUT2D eigenvalue weighted by Crippen LogP contribution is -2.16. The van der Waals surface area contributed by atoms with E-state index in [1.165, 1.54) is 24.3 Å². The molecule has 0 aliphatic rings. The van der Waals surface area contributed by atoms with Crippen LogP contribution in [0, 0.1) is 0 Å². The van der Waals surface area contributed by atoms with Crippen LogP contribution in [-0.4, -0.2) is 50.3 Å². The van der Waals surface area contributed by atoms with Crippen molar-refractivity contribution < 1.29 is 38.1 Å². The minimum absolute atomic E-state index is 0.0350. The van der Waals surface area contributed by atoms with Crippen LogP contribution in [0.3, 0.4) is 0 Å². The fraction of sp³-hybridized carbons (Fsp3) is 0.500. The molecular weight excluding hydrogens is 672 g/mol. The first-order valence-electron chi connectivity index (χ1n) is 14.6. The van der Waals surface area contributed by atoms with Crippen LogP contribution in [0.1, 0.15) is 120 Å². The van der Waals surface area contributed by atoms with Gasteiger partial charge in [-0.2, -0.15) is 0 Å². The minimum atomic E-state index is -0.661. The SMILES string of the molecule is CCCCOC(=O)c1cc(Br)c(-c2cc(C(=O)OCCCC)c(C(=O)OCCCC)cc2Br)cc1C(=O)OCCCC. The number of benzene rings is 2. The Hall–Kier alpha value is -2.72. The van der Waals surface area contributed by atoms with Gasteiger partial charge in [0.05, 0.1) is 48.7 Å². The molecule has 230 valence electrons. The van der Waals surface area contributed by atoms with Gasteiger partial charge in [-0.1, -0.05) is 85.2 Å². The maximum atomic E-state index is 13.2. The number of rotatable bonds is 17. The van der Waals surface area contributed by atoms with Gasteiger partial charge in [0.2, 0.25) is 0 Å². The molecule has 8 nitrogen and oxygen atoms in total. The molecule has 0 fully saturated rings.